The zero-order valence-electron chi connectivity index (χ0n) is 13.7. The van der Waals surface area contributed by atoms with Gasteiger partial charge in [-0.25, -0.2) is 23.1 Å². The Morgan fingerprint density at radius 3 is 2.84 bits per heavy atom. The first-order valence-electron chi connectivity index (χ1n) is 8.10. The molecule has 0 radical (unpaired) electrons. The lowest BCUT2D eigenvalue weighted by Gasteiger charge is -2.08. The molecule has 0 amide bonds. The standard InChI is InChI=1S/C16H18N4O2S3/c1-10-5-6-13(23-10)25(21,22)20-8-7-17-15-14-11-3-2-4-12(11)24-16(14)19-9-18-15/h5-6,9,20H,2-4,7-8H2,1H3,(H,17,18,19). The molecule has 0 spiro atoms. The van der Waals surface area contributed by atoms with Crippen molar-refractivity contribution in [2.45, 2.75) is 30.4 Å². The van der Waals surface area contributed by atoms with Gasteiger partial charge in [-0.15, -0.1) is 22.7 Å². The van der Waals surface area contributed by atoms with E-state index in [1.54, 1.807) is 23.7 Å². The fourth-order valence-electron chi connectivity index (χ4n) is 3.06. The first-order valence-corrected chi connectivity index (χ1v) is 11.2. The maximum atomic E-state index is 12.2. The molecule has 0 aliphatic heterocycles. The summed E-state index contributed by atoms with van der Waals surface area (Å²) in [7, 11) is -3.44. The average Bonchev–Trinajstić information content (AvgIpc) is 3.27. The summed E-state index contributed by atoms with van der Waals surface area (Å²) in [6.07, 6.45) is 4.94. The van der Waals surface area contributed by atoms with E-state index < -0.39 is 10.0 Å². The highest BCUT2D eigenvalue weighted by Gasteiger charge is 2.21. The quantitative estimate of drug-likeness (QED) is 0.628. The predicted octanol–water partition coefficient (Wildman–Crippen LogP) is 2.94. The zero-order chi connectivity index (χ0) is 17.4. The van der Waals surface area contributed by atoms with E-state index in [1.165, 1.54) is 28.2 Å². The van der Waals surface area contributed by atoms with E-state index in [9.17, 15) is 8.42 Å². The summed E-state index contributed by atoms with van der Waals surface area (Å²) < 4.78 is 27.4. The van der Waals surface area contributed by atoms with Gasteiger partial charge in [0.05, 0.1) is 5.39 Å². The van der Waals surface area contributed by atoms with Crippen molar-refractivity contribution < 1.29 is 8.42 Å². The summed E-state index contributed by atoms with van der Waals surface area (Å²) in [5.74, 6) is 0.801. The molecule has 0 unspecified atom stereocenters. The Hall–Kier alpha value is -1.55. The van der Waals surface area contributed by atoms with Crippen molar-refractivity contribution in [2.24, 2.45) is 0 Å². The normalized spacial score (nSPS) is 14.1. The van der Waals surface area contributed by atoms with E-state index in [1.807, 2.05) is 13.0 Å². The molecule has 3 aromatic heterocycles. The number of thiophene rings is 2. The van der Waals surface area contributed by atoms with Crippen molar-refractivity contribution in [3.05, 3.63) is 33.8 Å². The molecule has 1 aliphatic carbocycles. The van der Waals surface area contributed by atoms with E-state index in [2.05, 4.69) is 20.0 Å². The number of sulfonamides is 1. The van der Waals surface area contributed by atoms with Crippen LogP contribution in [0.2, 0.25) is 0 Å². The van der Waals surface area contributed by atoms with Crippen LogP contribution in [0.5, 0.6) is 0 Å². The number of nitrogens with zero attached hydrogens (tertiary/aromatic N) is 2. The maximum Gasteiger partial charge on any atom is 0.250 e. The first kappa shape index (κ1) is 16.9. The van der Waals surface area contributed by atoms with Gasteiger partial charge >= 0.3 is 0 Å². The minimum Gasteiger partial charge on any atom is -0.368 e. The van der Waals surface area contributed by atoms with Gasteiger partial charge in [-0.2, -0.15) is 0 Å². The van der Waals surface area contributed by atoms with Crippen molar-refractivity contribution in [2.75, 3.05) is 18.4 Å². The highest BCUT2D eigenvalue weighted by Crippen LogP contribution is 2.38. The van der Waals surface area contributed by atoms with Crippen LogP contribution in [0.25, 0.3) is 10.2 Å². The van der Waals surface area contributed by atoms with Gasteiger partial charge in [0, 0.05) is 22.8 Å². The van der Waals surface area contributed by atoms with Crippen LogP contribution < -0.4 is 10.0 Å². The summed E-state index contributed by atoms with van der Waals surface area (Å²) in [6.45, 7) is 2.67. The largest absolute Gasteiger partial charge is 0.368 e. The second kappa shape index (κ2) is 6.64. The number of hydrogen-bond donors (Lipinski definition) is 2. The van der Waals surface area contributed by atoms with Gasteiger partial charge in [0.15, 0.2) is 0 Å². The van der Waals surface area contributed by atoms with Crippen LogP contribution in [0.1, 0.15) is 21.7 Å². The third kappa shape index (κ3) is 3.29. The van der Waals surface area contributed by atoms with Gasteiger partial charge in [-0.1, -0.05) is 0 Å². The molecule has 0 saturated carbocycles. The lowest BCUT2D eigenvalue weighted by molar-refractivity contribution is 0.585. The molecule has 0 aromatic carbocycles. The topological polar surface area (TPSA) is 84.0 Å². The molecular formula is C16H18N4O2S3. The molecule has 4 rings (SSSR count). The Bertz CT molecular complexity index is 1020. The molecule has 3 aromatic rings. The smallest absolute Gasteiger partial charge is 0.250 e. The molecule has 9 heteroatoms. The summed E-state index contributed by atoms with van der Waals surface area (Å²) in [5.41, 5.74) is 1.36. The first-order chi connectivity index (χ1) is 12.0. The van der Waals surface area contributed by atoms with E-state index in [4.69, 9.17) is 0 Å². The minimum atomic E-state index is -3.44. The predicted molar refractivity (Wildman–Crippen MR) is 102 cm³/mol. The van der Waals surface area contributed by atoms with Crippen molar-refractivity contribution in [3.8, 4) is 0 Å². The third-order valence-corrected chi connectivity index (χ3v) is 8.34. The van der Waals surface area contributed by atoms with Crippen LogP contribution in [-0.2, 0) is 22.9 Å². The van der Waals surface area contributed by atoms with Crippen LogP contribution in [0.4, 0.5) is 5.82 Å². The summed E-state index contributed by atoms with van der Waals surface area (Å²) >= 11 is 3.02. The average molecular weight is 395 g/mol. The summed E-state index contributed by atoms with van der Waals surface area (Å²) in [6, 6.07) is 3.45. The Kier molecular flexibility index (Phi) is 4.48. The van der Waals surface area contributed by atoms with Crippen molar-refractivity contribution >= 4 is 48.7 Å². The number of aromatic nitrogens is 2. The minimum absolute atomic E-state index is 0.303. The highest BCUT2D eigenvalue weighted by molar-refractivity contribution is 7.91. The van der Waals surface area contributed by atoms with Gasteiger partial charge in [-0.05, 0) is 43.9 Å². The van der Waals surface area contributed by atoms with Crippen molar-refractivity contribution in [1.29, 1.82) is 0 Å². The van der Waals surface area contributed by atoms with Crippen LogP contribution in [0.15, 0.2) is 22.7 Å². The Labute approximate surface area is 154 Å². The number of anilines is 1. The van der Waals surface area contributed by atoms with Crippen molar-refractivity contribution in [3.63, 3.8) is 0 Å². The van der Waals surface area contributed by atoms with E-state index in [0.29, 0.717) is 17.3 Å². The van der Waals surface area contributed by atoms with Gasteiger partial charge in [0.25, 0.3) is 0 Å². The Balaban J connectivity index is 1.43. The fraction of sp³-hybridized carbons (Fsp3) is 0.375. The summed E-state index contributed by atoms with van der Waals surface area (Å²) in [4.78, 5) is 12.1. The molecule has 3 heterocycles. The van der Waals surface area contributed by atoms with Crippen LogP contribution >= 0.6 is 22.7 Å². The fourth-order valence-corrected chi connectivity index (χ4v) is 6.65. The number of hydrogen-bond acceptors (Lipinski definition) is 7. The second-order valence-corrected chi connectivity index (χ2v) is 10.3. The van der Waals surface area contributed by atoms with E-state index in [-0.39, 0.29) is 0 Å². The molecule has 0 saturated heterocycles. The second-order valence-electron chi connectivity index (χ2n) is 5.95. The van der Waals surface area contributed by atoms with Gasteiger partial charge in [0.1, 0.15) is 21.2 Å². The van der Waals surface area contributed by atoms with Gasteiger partial charge in [-0.3, -0.25) is 0 Å². The maximum absolute atomic E-state index is 12.2. The molecule has 2 N–H and O–H groups in total. The van der Waals surface area contributed by atoms with E-state index >= 15 is 0 Å². The molecule has 0 atom stereocenters. The lowest BCUT2D eigenvalue weighted by atomic mass is 10.2. The number of fused-ring (bicyclic) bond motifs is 3. The zero-order valence-corrected chi connectivity index (χ0v) is 16.2. The molecule has 0 fully saturated rings. The number of aryl methyl sites for hydroxylation is 3. The van der Waals surface area contributed by atoms with Gasteiger partial charge < -0.3 is 5.32 Å². The highest BCUT2D eigenvalue weighted by atomic mass is 32.2. The number of rotatable bonds is 6. The molecule has 0 bridgehead atoms. The van der Waals surface area contributed by atoms with Crippen LogP contribution in [0, 0.1) is 6.92 Å². The molecule has 132 valence electrons. The van der Waals surface area contributed by atoms with Crippen LogP contribution in [0.3, 0.4) is 0 Å². The molecule has 1 aliphatic rings. The SMILES string of the molecule is Cc1ccc(S(=O)(=O)NCCNc2ncnc3sc4c(c23)CCC4)s1. The third-order valence-electron chi connectivity index (χ3n) is 4.19. The van der Waals surface area contributed by atoms with Gasteiger partial charge in [0.2, 0.25) is 10.0 Å². The molecule has 25 heavy (non-hydrogen) atoms. The van der Waals surface area contributed by atoms with Crippen LogP contribution in [-0.4, -0.2) is 31.5 Å². The molecule has 6 nitrogen and oxygen atoms in total. The Morgan fingerprint density at radius 1 is 1.16 bits per heavy atom. The monoisotopic (exact) mass is 394 g/mol. The number of nitrogens with one attached hydrogen (secondary N) is 2. The Morgan fingerprint density at radius 2 is 2.04 bits per heavy atom. The summed E-state index contributed by atoms with van der Waals surface area (Å²) in [5, 5.41) is 4.37. The van der Waals surface area contributed by atoms with E-state index in [0.717, 1.165) is 33.8 Å². The lowest BCUT2D eigenvalue weighted by Crippen LogP contribution is -2.28. The molecular weight excluding hydrogens is 376 g/mol. The van der Waals surface area contributed by atoms with Crippen molar-refractivity contribution in [1.82, 2.24) is 14.7 Å².